The topological polar surface area (TPSA) is 64.4 Å². The summed E-state index contributed by atoms with van der Waals surface area (Å²) in [6.45, 7) is 0. The number of carbonyl (C=O) groups is 1. The number of amides is 1. The summed E-state index contributed by atoms with van der Waals surface area (Å²) in [7, 11) is 0. The van der Waals surface area contributed by atoms with Gasteiger partial charge in [0.2, 0.25) is 5.91 Å². The zero-order valence-corrected chi connectivity index (χ0v) is 14.3. The molecule has 0 bridgehead atoms. The molecule has 1 unspecified atom stereocenters. The van der Waals surface area contributed by atoms with E-state index >= 15 is 0 Å². The number of hydrogen-bond acceptors (Lipinski definition) is 3. The van der Waals surface area contributed by atoms with Crippen molar-refractivity contribution in [3.05, 3.63) is 60.2 Å². The lowest BCUT2D eigenvalue weighted by atomic mass is 10.1. The monoisotopic (exact) mass is 346 g/mol. The molecule has 4 nitrogen and oxygen atoms in total. The molecule has 0 spiro atoms. The van der Waals surface area contributed by atoms with Crippen LogP contribution in [0.15, 0.2) is 54.6 Å². The fraction of sp³-hybridized carbons (Fsp3) is 0.316. The molecule has 3 rings (SSSR count). The van der Waals surface area contributed by atoms with E-state index in [0.717, 1.165) is 29.8 Å². The molecule has 0 aliphatic heterocycles. The third-order valence-electron chi connectivity index (χ3n) is 4.17. The van der Waals surface area contributed by atoms with E-state index in [-0.39, 0.29) is 18.3 Å². The van der Waals surface area contributed by atoms with Crippen molar-refractivity contribution < 1.29 is 9.53 Å². The first-order chi connectivity index (χ1) is 11.2. The van der Waals surface area contributed by atoms with E-state index in [9.17, 15) is 4.79 Å². The molecule has 128 valence electrons. The van der Waals surface area contributed by atoms with Gasteiger partial charge in [0.25, 0.3) is 0 Å². The Morgan fingerprint density at radius 2 is 1.67 bits per heavy atom. The van der Waals surface area contributed by atoms with Crippen LogP contribution in [0.4, 0.5) is 5.69 Å². The Morgan fingerprint density at radius 1 is 1.04 bits per heavy atom. The summed E-state index contributed by atoms with van der Waals surface area (Å²) in [4.78, 5) is 12.2. The highest BCUT2D eigenvalue weighted by Gasteiger charge is 2.17. The van der Waals surface area contributed by atoms with Crippen LogP contribution in [-0.2, 0) is 4.79 Å². The van der Waals surface area contributed by atoms with Gasteiger partial charge in [-0.3, -0.25) is 4.79 Å². The van der Waals surface area contributed by atoms with E-state index < -0.39 is 6.04 Å². The average Bonchev–Trinajstić information content (AvgIpc) is 3.10. The van der Waals surface area contributed by atoms with Gasteiger partial charge in [-0.2, -0.15) is 0 Å². The standard InChI is InChI=1S/C19H22N2O2.ClH/c20-18(14-6-2-1-3-7-14)19(22)21-15-10-12-17(13-11-15)23-16-8-4-5-9-16;/h1-3,6-7,10-13,16,18H,4-5,8-9,20H2,(H,21,22);1H. The van der Waals surface area contributed by atoms with Gasteiger partial charge < -0.3 is 15.8 Å². The molecular weight excluding hydrogens is 324 g/mol. The van der Waals surface area contributed by atoms with Crippen LogP contribution in [0.3, 0.4) is 0 Å². The van der Waals surface area contributed by atoms with Crippen LogP contribution in [0.5, 0.6) is 5.75 Å². The van der Waals surface area contributed by atoms with Crippen molar-refractivity contribution in [2.24, 2.45) is 5.73 Å². The molecule has 2 aromatic carbocycles. The number of ether oxygens (including phenoxy) is 1. The van der Waals surface area contributed by atoms with Crippen molar-refractivity contribution in [1.82, 2.24) is 0 Å². The zero-order valence-electron chi connectivity index (χ0n) is 13.5. The predicted octanol–water partition coefficient (Wildman–Crippen LogP) is 4.07. The van der Waals surface area contributed by atoms with Crippen molar-refractivity contribution in [2.45, 2.75) is 37.8 Å². The van der Waals surface area contributed by atoms with Gasteiger partial charge in [0.15, 0.2) is 0 Å². The maximum absolute atomic E-state index is 12.2. The quantitative estimate of drug-likeness (QED) is 0.857. The van der Waals surface area contributed by atoms with Gasteiger partial charge in [0.1, 0.15) is 11.8 Å². The Bertz CT molecular complexity index is 640. The Morgan fingerprint density at radius 3 is 2.29 bits per heavy atom. The summed E-state index contributed by atoms with van der Waals surface area (Å²) >= 11 is 0. The first-order valence-corrected chi connectivity index (χ1v) is 8.10. The minimum Gasteiger partial charge on any atom is -0.490 e. The molecule has 1 aliphatic carbocycles. The molecule has 1 fully saturated rings. The number of benzene rings is 2. The molecule has 0 saturated heterocycles. The fourth-order valence-corrected chi connectivity index (χ4v) is 2.85. The van der Waals surface area contributed by atoms with Crippen molar-refractivity contribution >= 4 is 24.0 Å². The Labute approximate surface area is 148 Å². The molecule has 0 aromatic heterocycles. The van der Waals surface area contributed by atoms with Crippen LogP contribution in [0.1, 0.15) is 37.3 Å². The van der Waals surface area contributed by atoms with E-state index in [2.05, 4.69) is 5.32 Å². The molecular formula is C19H23ClN2O2. The highest BCUT2D eigenvalue weighted by Crippen LogP contribution is 2.25. The summed E-state index contributed by atoms with van der Waals surface area (Å²) in [6, 6.07) is 16.1. The van der Waals surface area contributed by atoms with E-state index in [4.69, 9.17) is 10.5 Å². The second kappa shape index (κ2) is 8.71. The van der Waals surface area contributed by atoms with Crippen LogP contribution in [-0.4, -0.2) is 12.0 Å². The minimum atomic E-state index is -0.675. The van der Waals surface area contributed by atoms with Crippen molar-refractivity contribution in [3.63, 3.8) is 0 Å². The van der Waals surface area contributed by atoms with Crippen molar-refractivity contribution in [1.29, 1.82) is 0 Å². The molecule has 3 N–H and O–H groups in total. The maximum Gasteiger partial charge on any atom is 0.245 e. The molecule has 1 amide bonds. The van der Waals surface area contributed by atoms with E-state index in [1.807, 2.05) is 54.6 Å². The van der Waals surface area contributed by atoms with Gasteiger partial charge in [-0.1, -0.05) is 30.3 Å². The molecule has 2 aromatic rings. The molecule has 1 aliphatic rings. The van der Waals surface area contributed by atoms with Gasteiger partial charge in [-0.05, 0) is 55.5 Å². The van der Waals surface area contributed by atoms with Gasteiger partial charge in [-0.25, -0.2) is 0 Å². The van der Waals surface area contributed by atoms with E-state index in [0.29, 0.717) is 6.10 Å². The third kappa shape index (κ3) is 4.73. The van der Waals surface area contributed by atoms with Crippen LogP contribution < -0.4 is 15.8 Å². The summed E-state index contributed by atoms with van der Waals surface area (Å²) in [5.74, 6) is 0.628. The molecule has 0 radical (unpaired) electrons. The highest BCUT2D eigenvalue weighted by atomic mass is 35.5. The molecule has 1 saturated carbocycles. The van der Waals surface area contributed by atoms with Gasteiger partial charge in [-0.15, -0.1) is 12.4 Å². The smallest absolute Gasteiger partial charge is 0.245 e. The highest BCUT2D eigenvalue weighted by molar-refractivity contribution is 5.95. The lowest BCUT2D eigenvalue weighted by molar-refractivity contribution is -0.117. The summed E-state index contributed by atoms with van der Waals surface area (Å²) in [5.41, 5.74) is 7.51. The van der Waals surface area contributed by atoms with Crippen LogP contribution in [0.25, 0.3) is 0 Å². The number of nitrogens with one attached hydrogen (secondary N) is 1. The Kier molecular flexibility index (Phi) is 6.64. The normalized spacial score (nSPS) is 15.4. The Balaban J connectivity index is 0.00000208. The van der Waals surface area contributed by atoms with Crippen molar-refractivity contribution in [3.8, 4) is 5.75 Å². The number of anilines is 1. The first kappa shape index (κ1) is 18.3. The largest absolute Gasteiger partial charge is 0.490 e. The summed E-state index contributed by atoms with van der Waals surface area (Å²) in [6.07, 6.45) is 5.09. The first-order valence-electron chi connectivity index (χ1n) is 8.10. The van der Waals surface area contributed by atoms with Gasteiger partial charge in [0.05, 0.1) is 6.10 Å². The molecule has 24 heavy (non-hydrogen) atoms. The second-order valence-corrected chi connectivity index (χ2v) is 5.93. The zero-order chi connectivity index (χ0) is 16.1. The molecule has 1 atom stereocenters. The van der Waals surface area contributed by atoms with Crippen molar-refractivity contribution in [2.75, 3.05) is 5.32 Å². The lowest BCUT2D eigenvalue weighted by Gasteiger charge is -2.15. The average molecular weight is 347 g/mol. The minimum absolute atomic E-state index is 0. The van der Waals surface area contributed by atoms with E-state index in [1.54, 1.807) is 0 Å². The SMILES string of the molecule is Cl.NC(C(=O)Nc1ccc(OC2CCCC2)cc1)c1ccccc1. The predicted molar refractivity (Wildman–Crippen MR) is 98.6 cm³/mol. The number of nitrogens with two attached hydrogens (primary N) is 1. The molecule has 0 heterocycles. The van der Waals surface area contributed by atoms with Crippen LogP contribution in [0.2, 0.25) is 0 Å². The van der Waals surface area contributed by atoms with Gasteiger partial charge in [0, 0.05) is 5.69 Å². The Hall–Kier alpha value is -2.04. The number of hydrogen-bond donors (Lipinski definition) is 2. The second-order valence-electron chi connectivity index (χ2n) is 5.93. The third-order valence-corrected chi connectivity index (χ3v) is 4.17. The number of rotatable bonds is 5. The van der Waals surface area contributed by atoms with Gasteiger partial charge >= 0.3 is 0 Å². The van der Waals surface area contributed by atoms with Crippen LogP contribution >= 0.6 is 12.4 Å². The summed E-state index contributed by atoms with van der Waals surface area (Å²) < 4.78 is 5.91. The fourth-order valence-electron chi connectivity index (χ4n) is 2.85. The molecule has 5 heteroatoms. The summed E-state index contributed by atoms with van der Waals surface area (Å²) in [5, 5.41) is 2.84. The van der Waals surface area contributed by atoms with Crippen LogP contribution in [0, 0.1) is 0 Å². The number of carbonyl (C=O) groups excluding carboxylic acids is 1. The number of halogens is 1. The lowest BCUT2D eigenvalue weighted by Crippen LogP contribution is -2.27. The maximum atomic E-state index is 12.2. The van der Waals surface area contributed by atoms with E-state index in [1.165, 1.54) is 12.8 Å².